The number of Topliss-reactive ketones (excluding diaryl/α,β-unsaturated/α-hetero) is 1. The Kier molecular flexibility index (Phi) is 7.64. The highest BCUT2D eigenvalue weighted by atomic mass is 16.5. The molecule has 0 aliphatic carbocycles. The van der Waals surface area contributed by atoms with Crippen molar-refractivity contribution < 1.29 is 23.9 Å². The fourth-order valence-electron chi connectivity index (χ4n) is 4.11. The summed E-state index contributed by atoms with van der Waals surface area (Å²) in [6.45, 7) is 5.59. The maximum atomic E-state index is 12.9. The molecule has 1 atom stereocenters. The second-order valence-electron chi connectivity index (χ2n) is 9.70. The van der Waals surface area contributed by atoms with Crippen molar-refractivity contribution in [3.63, 3.8) is 0 Å². The molecule has 37 heavy (non-hydrogen) atoms. The van der Waals surface area contributed by atoms with Gasteiger partial charge in [-0.3, -0.25) is 14.4 Å². The van der Waals surface area contributed by atoms with Crippen LogP contribution in [-0.4, -0.2) is 41.8 Å². The number of amides is 2. The minimum absolute atomic E-state index is 0.0838. The lowest BCUT2D eigenvalue weighted by atomic mass is 10.00. The van der Waals surface area contributed by atoms with Crippen LogP contribution in [0.25, 0.3) is 11.1 Å². The SMILES string of the molecule is CCC(C)(C)NC1CC(=O)N(c2ccc(C(=O)OCC(=O)c3ccc(-c4ccccc4)cc3)cc2)C1=O. The summed E-state index contributed by atoms with van der Waals surface area (Å²) in [7, 11) is 0. The van der Waals surface area contributed by atoms with E-state index in [9.17, 15) is 19.2 Å². The molecule has 1 aliphatic rings. The maximum absolute atomic E-state index is 12.9. The van der Waals surface area contributed by atoms with Crippen molar-refractivity contribution in [2.45, 2.75) is 45.2 Å². The number of ketones is 1. The van der Waals surface area contributed by atoms with Gasteiger partial charge in [-0.15, -0.1) is 0 Å². The summed E-state index contributed by atoms with van der Waals surface area (Å²) in [5, 5.41) is 3.25. The fraction of sp³-hybridized carbons (Fsp3) is 0.267. The molecule has 7 nitrogen and oxygen atoms in total. The van der Waals surface area contributed by atoms with Crippen LogP contribution in [0.15, 0.2) is 78.9 Å². The van der Waals surface area contributed by atoms with Gasteiger partial charge in [0, 0.05) is 11.1 Å². The van der Waals surface area contributed by atoms with Crippen molar-refractivity contribution in [3.8, 4) is 11.1 Å². The second-order valence-corrected chi connectivity index (χ2v) is 9.70. The molecule has 190 valence electrons. The van der Waals surface area contributed by atoms with Crippen LogP contribution in [0.5, 0.6) is 0 Å². The number of carbonyl (C=O) groups excluding carboxylic acids is 4. The molecular weight excluding hydrogens is 468 g/mol. The number of anilines is 1. The topological polar surface area (TPSA) is 92.8 Å². The average Bonchev–Trinajstić information content (AvgIpc) is 3.19. The summed E-state index contributed by atoms with van der Waals surface area (Å²) in [4.78, 5) is 51.5. The lowest BCUT2D eigenvalue weighted by Crippen LogP contribution is -2.49. The third kappa shape index (κ3) is 6.01. The van der Waals surface area contributed by atoms with Gasteiger partial charge < -0.3 is 10.1 Å². The van der Waals surface area contributed by atoms with Gasteiger partial charge >= 0.3 is 5.97 Å². The van der Waals surface area contributed by atoms with E-state index in [4.69, 9.17) is 4.74 Å². The molecule has 0 radical (unpaired) electrons. The highest BCUT2D eigenvalue weighted by Gasteiger charge is 2.41. The van der Waals surface area contributed by atoms with Gasteiger partial charge in [-0.05, 0) is 55.7 Å². The van der Waals surface area contributed by atoms with E-state index in [0.29, 0.717) is 11.3 Å². The zero-order chi connectivity index (χ0) is 26.6. The van der Waals surface area contributed by atoms with Crippen LogP contribution in [0.4, 0.5) is 5.69 Å². The van der Waals surface area contributed by atoms with E-state index in [0.717, 1.165) is 22.4 Å². The van der Waals surface area contributed by atoms with Crippen molar-refractivity contribution >= 4 is 29.3 Å². The number of rotatable bonds is 9. The first-order chi connectivity index (χ1) is 17.7. The molecule has 2 amide bonds. The van der Waals surface area contributed by atoms with Gasteiger partial charge in [-0.25, -0.2) is 9.69 Å². The summed E-state index contributed by atoms with van der Waals surface area (Å²) in [5.74, 6) is -1.59. The second kappa shape index (κ2) is 10.9. The number of nitrogens with one attached hydrogen (secondary N) is 1. The summed E-state index contributed by atoms with van der Waals surface area (Å²) in [5.41, 5.74) is 2.82. The third-order valence-corrected chi connectivity index (χ3v) is 6.61. The van der Waals surface area contributed by atoms with Crippen LogP contribution in [-0.2, 0) is 14.3 Å². The molecule has 3 aromatic carbocycles. The Bertz CT molecular complexity index is 1300. The van der Waals surface area contributed by atoms with Crippen LogP contribution in [0.3, 0.4) is 0 Å². The Labute approximate surface area is 216 Å². The molecular formula is C30H30N2O5. The number of benzene rings is 3. The predicted octanol–water partition coefficient (Wildman–Crippen LogP) is 4.80. The van der Waals surface area contributed by atoms with Crippen molar-refractivity contribution in [1.29, 1.82) is 0 Å². The predicted molar refractivity (Wildman–Crippen MR) is 141 cm³/mol. The van der Waals surface area contributed by atoms with Gasteiger partial charge in [0.1, 0.15) is 0 Å². The van der Waals surface area contributed by atoms with Gasteiger partial charge in [0.25, 0.3) is 5.91 Å². The summed E-state index contributed by atoms with van der Waals surface area (Å²) < 4.78 is 5.21. The molecule has 0 aromatic heterocycles. The van der Waals surface area contributed by atoms with Crippen LogP contribution in [0.2, 0.25) is 0 Å². The monoisotopic (exact) mass is 498 g/mol. The number of hydrogen-bond donors (Lipinski definition) is 1. The highest BCUT2D eigenvalue weighted by molar-refractivity contribution is 6.22. The van der Waals surface area contributed by atoms with Gasteiger partial charge in [0.15, 0.2) is 12.4 Å². The van der Waals surface area contributed by atoms with E-state index in [2.05, 4.69) is 5.32 Å². The van der Waals surface area contributed by atoms with Gasteiger partial charge in [-0.2, -0.15) is 0 Å². The van der Waals surface area contributed by atoms with Gasteiger partial charge in [0.05, 0.1) is 23.7 Å². The number of nitrogens with zero attached hydrogens (tertiary/aromatic N) is 1. The fourth-order valence-corrected chi connectivity index (χ4v) is 4.11. The Balaban J connectivity index is 1.34. The molecule has 1 unspecified atom stereocenters. The molecule has 7 heteroatoms. The van der Waals surface area contributed by atoms with E-state index in [1.807, 2.05) is 63.2 Å². The maximum Gasteiger partial charge on any atom is 0.338 e. The van der Waals surface area contributed by atoms with E-state index >= 15 is 0 Å². The molecule has 0 bridgehead atoms. The van der Waals surface area contributed by atoms with E-state index < -0.39 is 18.6 Å². The Morgan fingerprint density at radius 2 is 1.49 bits per heavy atom. The first-order valence-electron chi connectivity index (χ1n) is 12.3. The first kappa shape index (κ1) is 26.0. The summed E-state index contributed by atoms with van der Waals surface area (Å²) in [6.07, 6.45) is 0.893. The largest absolute Gasteiger partial charge is 0.454 e. The average molecular weight is 499 g/mol. The Morgan fingerprint density at radius 3 is 2.11 bits per heavy atom. The summed E-state index contributed by atoms with van der Waals surface area (Å²) >= 11 is 0. The highest BCUT2D eigenvalue weighted by Crippen LogP contribution is 2.25. The van der Waals surface area contributed by atoms with Crippen molar-refractivity contribution in [3.05, 3.63) is 90.0 Å². The molecule has 1 fully saturated rings. The number of esters is 1. The molecule has 1 heterocycles. The molecule has 0 spiro atoms. The lowest BCUT2D eigenvalue weighted by molar-refractivity contribution is -0.121. The van der Waals surface area contributed by atoms with Crippen LogP contribution in [0.1, 0.15) is 54.3 Å². The zero-order valence-electron chi connectivity index (χ0n) is 21.2. The molecule has 1 aliphatic heterocycles. The van der Waals surface area contributed by atoms with Crippen LogP contribution < -0.4 is 10.2 Å². The van der Waals surface area contributed by atoms with Gasteiger partial charge in [-0.1, -0.05) is 61.5 Å². The molecule has 4 rings (SSSR count). The molecule has 1 saturated heterocycles. The van der Waals surface area contributed by atoms with E-state index in [1.165, 1.54) is 24.3 Å². The van der Waals surface area contributed by atoms with Crippen LogP contribution in [0, 0.1) is 0 Å². The van der Waals surface area contributed by atoms with Crippen LogP contribution >= 0.6 is 0 Å². The number of ether oxygens (including phenoxy) is 1. The summed E-state index contributed by atoms with van der Waals surface area (Å²) in [6, 6.07) is 22.4. The molecule has 1 N–H and O–H groups in total. The standard InChI is InChI=1S/C30H30N2O5/c1-4-30(2,3)31-25-18-27(34)32(28(25)35)24-16-14-23(15-17-24)29(36)37-19-26(33)22-12-10-21(11-13-22)20-8-6-5-7-9-20/h5-17,25,31H,4,18-19H2,1-3H3. The number of carbonyl (C=O) groups is 4. The molecule has 3 aromatic rings. The third-order valence-electron chi connectivity index (χ3n) is 6.61. The normalized spacial score (nSPS) is 15.6. The van der Waals surface area contributed by atoms with Crippen molar-refractivity contribution in [2.75, 3.05) is 11.5 Å². The van der Waals surface area contributed by atoms with Crippen molar-refractivity contribution in [2.24, 2.45) is 0 Å². The smallest absolute Gasteiger partial charge is 0.338 e. The van der Waals surface area contributed by atoms with E-state index in [-0.39, 0.29) is 35.1 Å². The van der Waals surface area contributed by atoms with E-state index in [1.54, 1.807) is 12.1 Å². The zero-order valence-corrected chi connectivity index (χ0v) is 21.2. The quantitative estimate of drug-likeness (QED) is 0.259. The molecule has 0 saturated carbocycles. The van der Waals surface area contributed by atoms with Gasteiger partial charge in [0.2, 0.25) is 5.91 Å². The number of hydrogen-bond acceptors (Lipinski definition) is 6. The van der Waals surface area contributed by atoms with Crippen molar-refractivity contribution in [1.82, 2.24) is 5.32 Å². The first-order valence-corrected chi connectivity index (χ1v) is 12.3. The lowest BCUT2D eigenvalue weighted by Gasteiger charge is -2.27. The minimum atomic E-state index is -0.663. The number of imide groups is 1. The Morgan fingerprint density at radius 1 is 0.892 bits per heavy atom. The Hall–Kier alpha value is -4.10. The minimum Gasteiger partial charge on any atom is -0.454 e.